The maximum atomic E-state index is 13.1. The monoisotopic (exact) mass is 535 g/mol. The molecule has 1 aromatic heterocycles. The molecule has 36 heavy (non-hydrogen) atoms. The van der Waals surface area contributed by atoms with E-state index >= 15 is 0 Å². The lowest BCUT2D eigenvalue weighted by molar-refractivity contribution is 0.0730. The maximum absolute atomic E-state index is 13.1. The molecule has 0 saturated carbocycles. The molecule has 4 amide bonds. The van der Waals surface area contributed by atoms with Crippen molar-refractivity contribution in [3.63, 3.8) is 0 Å². The molecule has 0 bridgehead atoms. The number of hydrogen-bond donors (Lipinski definition) is 3. The Morgan fingerprint density at radius 2 is 1.75 bits per heavy atom. The first kappa shape index (κ1) is 26.2. The van der Waals surface area contributed by atoms with E-state index in [1.54, 1.807) is 0 Å². The summed E-state index contributed by atoms with van der Waals surface area (Å²) in [5, 5.41) is 7.81. The van der Waals surface area contributed by atoms with Crippen LogP contribution in [0.15, 0.2) is 29.2 Å². The van der Waals surface area contributed by atoms with Crippen LogP contribution in [0.1, 0.15) is 38.1 Å². The Balaban J connectivity index is 1.57. The molecule has 3 N–H and O–H groups in total. The molecule has 194 valence electrons. The number of nitrogens with one attached hydrogen (secondary N) is 3. The number of carbonyl (C=O) groups is 3. The number of imide groups is 1. The van der Waals surface area contributed by atoms with Crippen molar-refractivity contribution in [1.82, 2.24) is 19.8 Å². The number of nitrogens with zero attached hydrogens (tertiary/aromatic N) is 2. The van der Waals surface area contributed by atoms with Crippen molar-refractivity contribution in [2.75, 3.05) is 51.8 Å². The second-order valence-corrected chi connectivity index (χ2v) is 11.4. The normalized spacial score (nSPS) is 16.7. The van der Waals surface area contributed by atoms with Gasteiger partial charge in [0, 0.05) is 43.7 Å². The molecule has 2 aliphatic heterocycles. The summed E-state index contributed by atoms with van der Waals surface area (Å²) in [7, 11) is -2.26. The van der Waals surface area contributed by atoms with Crippen LogP contribution in [0.5, 0.6) is 0 Å². The Hall–Kier alpha value is -2.84. The summed E-state index contributed by atoms with van der Waals surface area (Å²) in [6.07, 6.45) is 0.625. The topological polar surface area (TPSA) is 137 Å². The van der Waals surface area contributed by atoms with Crippen molar-refractivity contribution in [2.45, 2.75) is 24.8 Å². The van der Waals surface area contributed by atoms with Crippen LogP contribution in [-0.2, 0) is 27.7 Å². The minimum atomic E-state index is -3.68. The van der Waals surface area contributed by atoms with E-state index in [1.807, 2.05) is 0 Å². The molecule has 0 radical (unpaired) electrons. The van der Waals surface area contributed by atoms with Gasteiger partial charge in [0.05, 0.1) is 23.7 Å². The third-order valence-corrected chi connectivity index (χ3v) is 9.26. The fraction of sp³-hybridized carbons (Fsp3) is 0.435. The Labute approximate surface area is 213 Å². The molecule has 1 aromatic carbocycles. The summed E-state index contributed by atoms with van der Waals surface area (Å²) in [5.41, 5.74) is 1.36. The number of amides is 4. The number of likely N-dealkylation sites (N-methyl/N-ethyl adjacent to an activating group) is 1. The highest BCUT2D eigenvalue weighted by Crippen LogP contribution is 2.37. The Morgan fingerprint density at radius 1 is 1.06 bits per heavy atom. The van der Waals surface area contributed by atoms with Crippen molar-refractivity contribution < 1.29 is 27.5 Å². The fourth-order valence-electron chi connectivity index (χ4n) is 4.17. The molecule has 0 unspecified atom stereocenters. The molecule has 0 atom stereocenters. The zero-order valence-electron chi connectivity index (χ0n) is 20.1. The number of urea groups is 1. The number of carbonyl (C=O) groups excluding carboxylic acids is 3. The van der Waals surface area contributed by atoms with Crippen LogP contribution < -0.4 is 16.0 Å². The average molecular weight is 536 g/mol. The highest BCUT2D eigenvalue weighted by Gasteiger charge is 2.30. The van der Waals surface area contributed by atoms with E-state index in [-0.39, 0.29) is 29.1 Å². The first-order chi connectivity index (χ1) is 17.2. The number of sulfonamides is 1. The SMILES string of the molecule is CCN1CCc2c(sc(NC(=O)c3ccc(S(=O)(=O)N4CCOCC4)cc3)c2C(=O)NC(=O)NC)C1. The molecule has 0 aliphatic carbocycles. The molecule has 2 aliphatic rings. The smallest absolute Gasteiger partial charge is 0.321 e. The van der Waals surface area contributed by atoms with E-state index in [9.17, 15) is 22.8 Å². The summed E-state index contributed by atoms with van der Waals surface area (Å²) in [6.45, 7) is 5.59. The van der Waals surface area contributed by atoms with E-state index in [2.05, 4.69) is 27.8 Å². The largest absolute Gasteiger partial charge is 0.379 e. The van der Waals surface area contributed by atoms with Crippen molar-refractivity contribution in [2.24, 2.45) is 0 Å². The quantitative estimate of drug-likeness (QED) is 0.509. The second-order valence-electron chi connectivity index (χ2n) is 8.35. The number of benzene rings is 1. The molecule has 1 fully saturated rings. The van der Waals surface area contributed by atoms with Crippen molar-refractivity contribution in [3.8, 4) is 0 Å². The van der Waals surface area contributed by atoms with Crippen molar-refractivity contribution in [3.05, 3.63) is 45.8 Å². The first-order valence-corrected chi connectivity index (χ1v) is 13.9. The number of rotatable bonds is 6. The van der Waals surface area contributed by atoms with Gasteiger partial charge in [-0.2, -0.15) is 4.31 Å². The van der Waals surface area contributed by atoms with Crippen LogP contribution in [0.2, 0.25) is 0 Å². The Morgan fingerprint density at radius 3 is 2.39 bits per heavy atom. The lowest BCUT2D eigenvalue weighted by atomic mass is 10.0. The third-order valence-electron chi connectivity index (χ3n) is 6.22. The van der Waals surface area contributed by atoms with Gasteiger partial charge in [-0.05, 0) is 42.8 Å². The molecule has 2 aromatic rings. The van der Waals surface area contributed by atoms with E-state index in [0.29, 0.717) is 31.2 Å². The highest BCUT2D eigenvalue weighted by molar-refractivity contribution is 7.89. The second kappa shape index (κ2) is 11.0. The van der Waals surface area contributed by atoms with Gasteiger partial charge in [-0.15, -0.1) is 11.3 Å². The third kappa shape index (κ3) is 5.44. The predicted octanol–water partition coefficient (Wildman–Crippen LogP) is 1.47. The summed E-state index contributed by atoms with van der Waals surface area (Å²) in [6, 6.07) is 5.05. The van der Waals surface area contributed by atoms with E-state index in [0.717, 1.165) is 23.5 Å². The zero-order chi connectivity index (χ0) is 25.9. The number of ether oxygens (including phenoxy) is 1. The van der Waals surface area contributed by atoms with Gasteiger partial charge in [0.1, 0.15) is 5.00 Å². The van der Waals surface area contributed by atoms with Gasteiger partial charge in [-0.1, -0.05) is 6.92 Å². The summed E-state index contributed by atoms with van der Waals surface area (Å²) in [5.74, 6) is -1.07. The molecule has 13 heteroatoms. The van der Waals surface area contributed by atoms with Gasteiger partial charge >= 0.3 is 6.03 Å². The first-order valence-electron chi connectivity index (χ1n) is 11.6. The highest BCUT2D eigenvalue weighted by atomic mass is 32.2. The van der Waals surface area contributed by atoms with Gasteiger partial charge in [0.2, 0.25) is 10.0 Å². The lowest BCUT2D eigenvalue weighted by Gasteiger charge is -2.26. The molecular formula is C23H29N5O6S2. The van der Waals surface area contributed by atoms with Crippen LogP contribution in [-0.4, -0.2) is 81.9 Å². The van der Waals surface area contributed by atoms with Crippen LogP contribution in [0.25, 0.3) is 0 Å². The van der Waals surface area contributed by atoms with E-state index in [4.69, 9.17) is 4.74 Å². The number of anilines is 1. The predicted molar refractivity (Wildman–Crippen MR) is 135 cm³/mol. The van der Waals surface area contributed by atoms with Crippen LogP contribution in [0.4, 0.5) is 9.80 Å². The Kier molecular flexibility index (Phi) is 8.05. The minimum absolute atomic E-state index is 0.0952. The van der Waals surface area contributed by atoms with Gasteiger partial charge in [0.25, 0.3) is 11.8 Å². The van der Waals surface area contributed by atoms with Gasteiger partial charge in [-0.3, -0.25) is 19.8 Å². The summed E-state index contributed by atoms with van der Waals surface area (Å²) >= 11 is 1.31. The Bertz CT molecular complexity index is 1250. The number of hydrogen-bond acceptors (Lipinski definition) is 8. The number of morpholine rings is 1. The minimum Gasteiger partial charge on any atom is -0.379 e. The molecule has 3 heterocycles. The van der Waals surface area contributed by atoms with Crippen molar-refractivity contribution >= 4 is 44.2 Å². The van der Waals surface area contributed by atoms with E-state index in [1.165, 1.54) is 47.0 Å². The standard InChI is InChI=1S/C23H29N5O6S2/c1-3-27-9-8-17-18(14-27)35-22(19(17)21(30)26-23(31)24-2)25-20(29)15-4-6-16(7-5-15)36(32,33)28-10-12-34-13-11-28/h4-7H,3,8-14H2,1-2H3,(H,25,29)(H2,24,26,30,31). The number of fused-ring (bicyclic) bond motifs is 1. The molecule has 1 saturated heterocycles. The zero-order valence-corrected chi connectivity index (χ0v) is 21.8. The molecular weight excluding hydrogens is 506 g/mol. The fourth-order valence-corrected chi connectivity index (χ4v) is 6.86. The van der Waals surface area contributed by atoms with Crippen LogP contribution in [0.3, 0.4) is 0 Å². The molecule has 4 rings (SSSR count). The van der Waals surface area contributed by atoms with Gasteiger partial charge in [0.15, 0.2) is 0 Å². The van der Waals surface area contributed by atoms with Gasteiger partial charge in [-0.25, -0.2) is 13.2 Å². The van der Waals surface area contributed by atoms with Crippen LogP contribution >= 0.6 is 11.3 Å². The molecule has 0 spiro atoms. The number of thiophene rings is 1. The van der Waals surface area contributed by atoms with Crippen LogP contribution in [0, 0.1) is 0 Å². The lowest BCUT2D eigenvalue weighted by Crippen LogP contribution is -2.40. The summed E-state index contributed by atoms with van der Waals surface area (Å²) in [4.78, 5) is 41.1. The van der Waals surface area contributed by atoms with Gasteiger partial charge < -0.3 is 15.4 Å². The average Bonchev–Trinajstić information content (AvgIpc) is 3.25. The maximum Gasteiger partial charge on any atom is 0.321 e. The van der Waals surface area contributed by atoms with E-state index < -0.39 is 27.9 Å². The molecule has 11 nitrogen and oxygen atoms in total. The summed E-state index contributed by atoms with van der Waals surface area (Å²) < 4.78 is 32.3. The van der Waals surface area contributed by atoms with Crippen molar-refractivity contribution in [1.29, 1.82) is 0 Å².